The Morgan fingerprint density at radius 3 is 2.77 bits per heavy atom. The fraction of sp³-hybridized carbons (Fsp3) is 0.286. The minimum Gasteiger partial charge on any atom is -0.379 e. The number of imidazole rings is 1. The molecule has 5 rings (SSSR count). The van der Waals surface area contributed by atoms with Crippen LogP contribution in [-0.2, 0) is 11.4 Å². The molecular formula is C28H30ClFN8O2. The largest absolute Gasteiger partial charge is 0.379 e. The van der Waals surface area contributed by atoms with Crippen LogP contribution in [-0.4, -0.2) is 69.7 Å². The lowest BCUT2D eigenvalue weighted by Gasteiger charge is -2.26. The maximum Gasteiger partial charge on any atom is 0.255 e. The molecule has 0 bridgehead atoms. The van der Waals surface area contributed by atoms with Crippen LogP contribution < -0.4 is 16.0 Å². The third-order valence-electron chi connectivity index (χ3n) is 6.57. The van der Waals surface area contributed by atoms with E-state index >= 15 is 0 Å². The van der Waals surface area contributed by atoms with Crippen LogP contribution in [0.4, 0.5) is 27.5 Å². The molecule has 1 aliphatic rings. The van der Waals surface area contributed by atoms with E-state index in [2.05, 4.69) is 35.8 Å². The Morgan fingerprint density at radius 2 is 1.95 bits per heavy atom. The highest BCUT2D eigenvalue weighted by Gasteiger charge is 2.13. The number of benzene rings is 2. The number of aryl methyl sites for hydroxylation is 1. The van der Waals surface area contributed by atoms with E-state index in [0.29, 0.717) is 23.0 Å². The maximum atomic E-state index is 13.2. The summed E-state index contributed by atoms with van der Waals surface area (Å²) >= 11 is 5.98. The summed E-state index contributed by atoms with van der Waals surface area (Å²) in [7, 11) is 0. The zero-order valence-corrected chi connectivity index (χ0v) is 22.8. The second-order valence-corrected chi connectivity index (χ2v) is 9.72. The first kappa shape index (κ1) is 27.5. The molecule has 3 N–H and O–H groups in total. The van der Waals surface area contributed by atoms with Crippen molar-refractivity contribution < 1.29 is 13.9 Å². The Labute approximate surface area is 236 Å². The van der Waals surface area contributed by atoms with Crippen molar-refractivity contribution in [2.75, 3.05) is 55.3 Å². The van der Waals surface area contributed by atoms with Gasteiger partial charge >= 0.3 is 0 Å². The van der Waals surface area contributed by atoms with Crippen molar-refractivity contribution in [2.45, 2.75) is 13.6 Å². The minimum absolute atomic E-state index is 0.271. The van der Waals surface area contributed by atoms with Gasteiger partial charge in [0, 0.05) is 72.2 Å². The summed E-state index contributed by atoms with van der Waals surface area (Å²) < 4.78 is 20.4. The molecular weight excluding hydrogens is 535 g/mol. The number of carbonyl (C=O) groups is 1. The fourth-order valence-corrected chi connectivity index (χ4v) is 4.47. The number of anilines is 4. The third-order valence-corrected chi connectivity index (χ3v) is 6.94. The van der Waals surface area contributed by atoms with Gasteiger partial charge in [0.25, 0.3) is 5.91 Å². The molecule has 10 nitrogen and oxygen atoms in total. The van der Waals surface area contributed by atoms with Crippen molar-refractivity contribution in [2.24, 2.45) is 0 Å². The van der Waals surface area contributed by atoms with E-state index in [1.807, 2.05) is 35.9 Å². The Morgan fingerprint density at radius 1 is 1.10 bits per heavy atom. The highest BCUT2D eigenvalue weighted by Crippen LogP contribution is 2.26. The Hall–Kier alpha value is -4.06. The summed E-state index contributed by atoms with van der Waals surface area (Å²) in [6.45, 7) is 6.28. The van der Waals surface area contributed by atoms with Crippen molar-refractivity contribution in [3.8, 4) is 5.82 Å². The Bertz CT molecular complexity index is 1470. The van der Waals surface area contributed by atoms with E-state index in [0.717, 1.165) is 56.5 Å². The van der Waals surface area contributed by atoms with Crippen LogP contribution in [0.15, 0.2) is 61.2 Å². The number of nitrogens with one attached hydrogen (secondary N) is 3. The number of alkyl halides is 1. The molecule has 0 radical (unpaired) electrons. The second kappa shape index (κ2) is 12.9. The van der Waals surface area contributed by atoms with Gasteiger partial charge in [0.05, 0.1) is 13.2 Å². The van der Waals surface area contributed by atoms with Crippen LogP contribution in [0.5, 0.6) is 0 Å². The number of carbonyl (C=O) groups excluding carboxylic acids is 1. The normalized spacial score (nSPS) is 13.7. The van der Waals surface area contributed by atoms with Crippen LogP contribution in [0.25, 0.3) is 5.82 Å². The lowest BCUT2D eigenvalue weighted by Crippen LogP contribution is -2.39. The van der Waals surface area contributed by atoms with Gasteiger partial charge < -0.3 is 20.7 Å². The molecule has 0 unspecified atom stereocenters. The Balaban J connectivity index is 1.27. The zero-order valence-electron chi connectivity index (χ0n) is 22.0. The van der Waals surface area contributed by atoms with E-state index in [1.54, 1.807) is 18.3 Å². The summed E-state index contributed by atoms with van der Waals surface area (Å²) in [5.74, 6) is 1.56. The number of halogens is 2. The molecule has 2 aromatic carbocycles. The van der Waals surface area contributed by atoms with Crippen LogP contribution >= 0.6 is 11.6 Å². The van der Waals surface area contributed by atoms with Gasteiger partial charge in [0.15, 0.2) is 0 Å². The van der Waals surface area contributed by atoms with Crippen molar-refractivity contribution in [3.05, 3.63) is 82.9 Å². The molecule has 208 valence electrons. The molecule has 4 aromatic rings. The summed E-state index contributed by atoms with van der Waals surface area (Å²) in [6.07, 6.45) is 5.01. The molecule has 0 saturated carbocycles. The molecule has 0 spiro atoms. The first-order valence-corrected chi connectivity index (χ1v) is 13.3. The molecule has 1 fully saturated rings. The van der Waals surface area contributed by atoms with Gasteiger partial charge in [-0.25, -0.2) is 19.3 Å². The van der Waals surface area contributed by atoms with Crippen LogP contribution in [0.1, 0.15) is 21.5 Å². The van der Waals surface area contributed by atoms with Gasteiger partial charge in [-0.15, -0.1) is 0 Å². The number of morpholine rings is 1. The van der Waals surface area contributed by atoms with Crippen LogP contribution in [0, 0.1) is 6.92 Å². The first-order valence-electron chi connectivity index (χ1n) is 12.9. The predicted molar refractivity (Wildman–Crippen MR) is 154 cm³/mol. The molecule has 0 atom stereocenters. The number of nitrogens with zero attached hydrogens (tertiary/aromatic N) is 5. The topological polar surface area (TPSA) is 109 Å². The molecule has 1 saturated heterocycles. The van der Waals surface area contributed by atoms with Gasteiger partial charge in [-0.05, 0) is 42.8 Å². The maximum absolute atomic E-state index is 13.2. The molecule has 0 aliphatic carbocycles. The number of hydrogen-bond acceptors (Lipinski definition) is 8. The average Bonchev–Trinajstić information content (AvgIpc) is 3.44. The van der Waals surface area contributed by atoms with Gasteiger partial charge in [-0.3, -0.25) is 14.3 Å². The van der Waals surface area contributed by atoms with Crippen molar-refractivity contribution in [3.63, 3.8) is 0 Å². The number of rotatable bonds is 10. The van der Waals surface area contributed by atoms with Crippen molar-refractivity contribution in [1.82, 2.24) is 24.4 Å². The van der Waals surface area contributed by atoms with E-state index < -0.39 is 6.67 Å². The second-order valence-electron chi connectivity index (χ2n) is 9.31. The molecule has 1 aliphatic heterocycles. The van der Waals surface area contributed by atoms with E-state index in [4.69, 9.17) is 16.3 Å². The minimum atomic E-state index is -0.746. The molecule has 40 heavy (non-hydrogen) atoms. The van der Waals surface area contributed by atoms with E-state index in [1.165, 1.54) is 18.5 Å². The lowest BCUT2D eigenvalue weighted by molar-refractivity contribution is 0.0398. The van der Waals surface area contributed by atoms with Crippen molar-refractivity contribution in [1.29, 1.82) is 0 Å². The van der Waals surface area contributed by atoms with E-state index in [-0.39, 0.29) is 16.5 Å². The number of hydrogen-bond donors (Lipinski definition) is 3. The quantitative estimate of drug-likeness (QED) is 0.251. The van der Waals surface area contributed by atoms with Crippen LogP contribution in [0.3, 0.4) is 0 Å². The standard InChI is InChI=1S/C28H30ClFN8O2/c1-19-2-4-22(35-27(39)20-3-5-23(29)21(14-20)17-30)15-24(19)36-28-32-7-9-38(28)26-16-25(33-18-34-26)31-6-8-37-10-12-40-13-11-37/h2-5,7,9,14-16,18H,6,8,10-13,17H2,1H3,(H,32,36)(H,35,39)(H,31,33,34). The lowest BCUT2D eigenvalue weighted by atomic mass is 10.1. The summed E-state index contributed by atoms with van der Waals surface area (Å²) in [5, 5.41) is 9.85. The van der Waals surface area contributed by atoms with Crippen molar-refractivity contribution >= 4 is 40.6 Å². The average molecular weight is 565 g/mol. The molecule has 12 heteroatoms. The number of ether oxygens (including phenoxy) is 1. The predicted octanol–water partition coefficient (Wildman–Crippen LogP) is 4.83. The van der Waals surface area contributed by atoms with Crippen LogP contribution in [0.2, 0.25) is 5.02 Å². The molecule has 1 amide bonds. The third kappa shape index (κ3) is 6.74. The fourth-order valence-electron chi connectivity index (χ4n) is 4.30. The molecule has 3 heterocycles. The number of amides is 1. The van der Waals surface area contributed by atoms with Gasteiger partial charge in [0.1, 0.15) is 24.6 Å². The number of aromatic nitrogens is 4. The van der Waals surface area contributed by atoms with E-state index in [9.17, 15) is 9.18 Å². The highest BCUT2D eigenvalue weighted by atomic mass is 35.5. The summed E-state index contributed by atoms with van der Waals surface area (Å²) in [4.78, 5) is 28.4. The SMILES string of the molecule is Cc1ccc(NC(=O)c2ccc(Cl)c(CF)c2)cc1Nc1nccn1-c1cc(NCCN2CCOCC2)ncn1. The Kier molecular flexibility index (Phi) is 8.84. The molecule has 2 aromatic heterocycles. The summed E-state index contributed by atoms with van der Waals surface area (Å²) in [6, 6.07) is 11.9. The summed E-state index contributed by atoms with van der Waals surface area (Å²) in [5.41, 5.74) is 2.87. The first-order chi connectivity index (χ1) is 19.5. The smallest absolute Gasteiger partial charge is 0.255 e. The van der Waals surface area contributed by atoms with Gasteiger partial charge in [-0.2, -0.15) is 0 Å². The monoisotopic (exact) mass is 564 g/mol. The van der Waals surface area contributed by atoms with Gasteiger partial charge in [-0.1, -0.05) is 17.7 Å². The van der Waals surface area contributed by atoms with Gasteiger partial charge in [0.2, 0.25) is 5.95 Å². The highest BCUT2D eigenvalue weighted by molar-refractivity contribution is 6.31. The zero-order chi connectivity index (χ0) is 27.9.